The summed E-state index contributed by atoms with van der Waals surface area (Å²) in [6, 6.07) is 18.2. The van der Waals surface area contributed by atoms with Gasteiger partial charge in [0.2, 0.25) is 0 Å². The smallest absolute Gasteiger partial charge is 0.319 e. The van der Waals surface area contributed by atoms with Crippen molar-refractivity contribution in [3.63, 3.8) is 0 Å². The number of rotatable bonds is 5. The first kappa shape index (κ1) is 18.9. The first-order valence-electron chi connectivity index (χ1n) is 9.68. The number of hydrazone groups is 1. The van der Waals surface area contributed by atoms with E-state index < -0.39 is 17.5 Å². The lowest BCUT2D eigenvalue weighted by atomic mass is 9.87. The number of hydrogen-bond acceptors (Lipinski definition) is 4. The molecule has 4 amide bonds. The van der Waals surface area contributed by atoms with Crippen LogP contribution in [0.3, 0.4) is 0 Å². The molecule has 1 atom stereocenters. The summed E-state index contributed by atoms with van der Waals surface area (Å²) in [5.41, 5.74) is 1.36. The summed E-state index contributed by atoms with van der Waals surface area (Å²) in [6.07, 6.45) is 1.03. The molecule has 2 heterocycles. The third-order valence-electron chi connectivity index (χ3n) is 5.46. The van der Waals surface area contributed by atoms with E-state index in [1.165, 1.54) is 5.01 Å². The minimum Gasteiger partial charge on any atom is -0.319 e. The lowest BCUT2D eigenvalue weighted by Gasteiger charge is -2.25. The second-order valence-electron chi connectivity index (χ2n) is 7.13. The van der Waals surface area contributed by atoms with E-state index in [1.54, 1.807) is 0 Å². The number of nitrogens with zero attached hydrogens (tertiary/aromatic N) is 3. The molecule has 0 radical (unpaired) electrons. The molecule has 7 nitrogen and oxygen atoms in total. The van der Waals surface area contributed by atoms with E-state index in [0.717, 1.165) is 16.2 Å². The lowest BCUT2D eigenvalue weighted by molar-refractivity contribution is -0.139. The van der Waals surface area contributed by atoms with Gasteiger partial charge < -0.3 is 5.32 Å². The predicted octanol–water partition coefficient (Wildman–Crippen LogP) is 2.48. The highest BCUT2D eigenvalue weighted by atomic mass is 16.2. The van der Waals surface area contributed by atoms with Crippen LogP contribution in [0.2, 0.25) is 0 Å². The number of nitrogens with one attached hydrogen (secondary N) is 1. The van der Waals surface area contributed by atoms with Gasteiger partial charge in [0, 0.05) is 6.42 Å². The summed E-state index contributed by atoms with van der Waals surface area (Å²) in [7, 11) is 0. The minimum absolute atomic E-state index is 0.329. The van der Waals surface area contributed by atoms with Crippen LogP contribution in [0.5, 0.6) is 0 Å². The van der Waals surface area contributed by atoms with E-state index in [-0.39, 0.29) is 12.5 Å². The fourth-order valence-corrected chi connectivity index (χ4v) is 3.82. The number of carbonyl (C=O) groups excluding carboxylic acids is 3. The van der Waals surface area contributed by atoms with Gasteiger partial charge in [0.05, 0.1) is 12.3 Å². The molecule has 29 heavy (non-hydrogen) atoms. The zero-order chi connectivity index (χ0) is 20.4. The number of benzene rings is 2. The molecule has 0 aromatic heterocycles. The Kier molecular flexibility index (Phi) is 4.88. The van der Waals surface area contributed by atoms with E-state index in [2.05, 4.69) is 10.4 Å². The zero-order valence-corrected chi connectivity index (χ0v) is 16.2. The molecule has 0 unspecified atom stereocenters. The maximum atomic E-state index is 13.1. The molecule has 1 saturated heterocycles. The second kappa shape index (κ2) is 7.50. The molecule has 148 valence electrons. The standard InChI is InChI=1S/C22H22N4O3/c1-2-22(17-11-7-4-8-12-17)20(28)25(21(29)23-22)15-19(27)26-14-13-18(24-26)16-9-5-3-6-10-16/h3-12H,2,13-15H2,1H3,(H,23,29)/t22-/m1/s1. The summed E-state index contributed by atoms with van der Waals surface area (Å²) in [6.45, 7) is 1.95. The Bertz CT molecular complexity index is 974. The van der Waals surface area contributed by atoms with E-state index in [4.69, 9.17) is 0 Å². The third kappa shape index (κ3) is 3.29. The monoisotopic (exact) mass is 390 g/mol. The van der Waals surface area contributed by atoms with Gasteiger partial charge in [0.15, 0.2) is 0 Å². The van der Waals surface area contributed by atoms with Crippen LogP contribution in [0.15, 0.2) is 65.8 Å². The summed E-state index contributed by atoms with van der Waals surface area (Å²) < 4.78 is 0. The van der Waals surface area contributed by atoms with Gasteiger partial charge in [-0.05, 0) is 17.5 Å². The molecule has 0 bridgehead atoms. The fraction of sp³-hybridized carbons (Fsp3) is 0.273. The average molecular weight is 390 g/mol. The fourth-order valence-electron chi connectivity index (χ4n) is 3.82. The Hall–Kier alpha value is -3.48. The van der Waals surface area contributed by atoms with Gasteiger partial charge in [-0.1, -0.05) is 67.6 Å². The van der Waals surface area contributed by atoms with Crippen molar-refractivity contribution in [2.75, 3.05) is 13.1 Å². The van der Waals surface area contributed by atoms with Crippen LogP contribution in [-0.2, 0) is 15.1 Å². The number of urea groups is 1. The van der Waals surface area contributed by atoms with Gasteiger partial charge >= 0.3 is 6.03 Å². The third-order valence-corrected chi connectivity index (χ3v) is 5.46. The second-order valence-corrected chi connectivity index (χ2v) is 7.13. The Balaban J connectivity index is 1.51. The van der Waals surface area contributed by atoms with Crippen LogP contribution in [0.25, 0.3) is 0 Å². The molecule has 2 aromatic carbocycles. The van der Waals surface area contributed by atoms with Gasteiger partial charge in [0.25, 0.3) is 11.8 Å². The van der Waals surface area contributed by atoms with Crippen LogP contribution in [0.4, 0.5) is 4.79 Å². The number of hydrogen-bond donors (Lipinski definition) is 1. The summed E-state index contributed by atoms with van der Waals surface area (Å²) in [5, 5.41) is 8.54. The number of imide groups is 1. The van der Waals surface area contributed by atoms with Crippen molar-refractivity contribution in [2.45, 2.75) is 25.3 Å². The van der Waals surface area contributed by atoms with Gasteiger partial charge in [-0.25, -0.2) is 9.80 Å². The lowest BCUT2D eigenvalue weighted by Crippen LogP contribution is -2.44. The van der Waals surface area contributed by atoms with E-state index in [9.17, 15) is 14.4 Å². The summed E-state index contributed by atoms with van der Waals surface area (Å²) in [4.78, 5) is 39.4. The van der Waals surface area contributed by atoms with Crippen molar-refractivity contribution in [2.24, 2.45) is 5.10 Å². The Morgan fingerprint density at radius 1 is 1.07 bits per heavy atom. The molecule has 4 rings (SSSR count). The summed E-state index contributed by atoms with van der Waals surface area (Å²) >= 11 is 0. The van der Waals surface area contributed by atoms with Crippen LogP contribution in [-0.4, -0.2) is 46.6 Å². The minimum atomic E-state index is -1.14. The van der Waals surface area contributed by atoms with Crippen molar-refractivity contribution < 1.29 is 14.4 Å². The molecule has 2 aliphatic heterocycles. The van der Waals surface area contributed by atoms with Crippen LogP contribution >= 0.6 is 0 Å². The number of amides is 4. The van der Waals surface area contributed by atoms with Crippen molar-refractivity contribution in [3.05, 3.63) is 71.8 Å². The van der Waals surface area contributed by atoms with E-state index in [1.807, 2.05) is 67.6 Å². The van der Waals surface area contributed by atoms with Crippen molar-refractivity contribution in [1.82, 2.24) is 15.2 Å². The Morgan fingerprint density at radius 2 is 1.72 bits per heavy atom. The predicted molar refractivity (Wildman–Crippen MR) is 108 cm³/mol. The van der Waals surface area contributed by atoms with E-state index >= 15 is 0 Å². The zero-order valence-electron chi connectivity index (χ0n) is 16.2. The highest BCUT2D eigenvalue weighted by Gasteiger charge is 2.51. The Labute approximate surface area is 169 Å². The molecule has 2 aromatic rings. The summed E-state index contributed by atoms with van der Waals surface area (Å²) in [5.74, 6) is -0.782. The van der Waals surface area contributed by atoms with Gasteiger partial charge in [-0.2, -0.15) is 5.10 Å². The topological polar surface area (TPSA) is 82.1 Å². The SMILES string of the molecule is CC[C@]1(c2ccccc2)NC(=O)N(CC(=O)N2CCC(c3ccccc3)=N2)C1=O. The molecular weight excluding hydrogens is 368 g/mol. The highest BCUT2D eigenvalue weighted by molar-refractivity contribution is 6.09. The normalized spacial score (nSPS) is 21.3. The van der Waals surface area contributed by atoms with Crippen molar-refractivity contribution in [3.8, 4) is 0 Å². The first-order chi connectivity index (χ1) is 14.0. The van der Waals surface area contributed by atoms with Gasteiger partial charge in [-0.15, -0.1) is 0 Å². The van der Waals surface area contributed by atoms with Crippen LogP contribution in [0.1, 0.15) is 30.9 Å². The highest BCUT2D eigenvalue weighted by Crippen LogP contribution is 2.32. The molecule has 7 heteroatoms. The molecular formula is C22H22N4O3. The Morgan fingerprint density at radius 3 is 2.38 bits per heavy atom. The molecule has 0 aliphatic carbocycles. The average Bonchev–Trinajstić information content (AvgIpc) is 3.35. The molecule has 1 fully saturated rings. The largest absolute Gasteiger partial charge is 0.325 e. The van der Waals surface area contributed by atoms with E-state index in [0.29, 0.717) is 24.9 Å². The first-order valence-corrected chi connectivity index (χ1v) is 9.68. The molecule has 1 N–H and O–H groups in total. The van der Waals surface area contributed by atoms with Crippen molar-refractivity contribution >= 4 is 23.6 Å². The molecule has 2 aliphatic rings. The van der Waals surface area contributed by atoms with Gasteiger partial charge in [0.1, 0.15) is 12.1 Å². The molecule has 0 spiro atoms. The quantitative estimate of drug-likeness (QED) is 0.797. The van der Waals surface area contributed by atoms with Gasteiger partial charge in [-0.3, -0.25) is 14.5 Å². The van der Waals surface area contributed by atoms with Crippen LogP contribution in [0, 0.1) is 0 Å². The van der Waals surface area contributed by atoms with Crippen LogP contribution < -0.4 is 5.32 Å². The maximum Gasteiger partial charge on any atom is 0.325 e. The maximum absolute atomic E-state index is 13.1. The number of carbonyl (C=O) groups is 3. The van der Waals surface area contributed by atoms with Crippen molar-refractivity contribution in [1.29, 1.82) is 0 Å². The molecule has 0 saturated carbocycles.